The van der Waals surface area contributed by atoms with Crippen molar-refractivity contribution in [3.8, 4) is 12.3 Å². The first kappa shape index (κ1) is 16.2. The number of rotatable bonds is 3. The van der Waals surface area contributed by atoms with E-state index in [9.17, 15) is 0 Å². The molecule has 1 fully saturated rings. The van der Waals surface area contributed by atoms with E-state index < -0.39 is 0 Å². The lowest BCUT2D eigenvalue weighted by atomic mass is 10.1. The summed E-state index contributed by atoms with van der Waals surface area (Å²) in [6.07, 6.45) is 12.6. The van der Waals surface area contributed by atoms with Gasteiger partial charge in [0, 0.05) is 37.1 Å². The minimum absolute atomic E-state index is 0.364. The van der Waals surface area contributed by atoms with Crippen molar-refractivity contribution in [2.75, 3.05) is 23.3 Å². The van der Waals surface area contributed by atoms with Gasteiger partial charge in [-0.1, -0.05) is 5.92 Å². The van der Waals surface area contributed by atoms with E-state index in [2.05, 4.69) is 31.4 Å². The molecule has 0 amide bonds. The lowest BCUT2D eigenvalue weighted by Gasteiger charge is -2.33. The molecule has 0 saturated carbocycles. The molecule has 2 aromatic rings. The second-order valence-electron chi connectivity index (χ2n) is 5.65. The minimum atomic E-state index is 0.364. The van der Waals surface area contributed by atoms with Crippen molar-refractivity contribution >= 4 is 28.8 Å². The summed E-state index contributed by atoms with van der Waals surface area (Å²) in [6, 6.07) is 8.09. The zero-order valence-electron chi connectivity index (χ0n) is 13.3. The fourth-order valence-corrected chi connectivity index (χ4v) is 2.99. The summed E-state index contributed by atoms with van der Waals surface area (Å²) in [7, 11) is 0. The molecule has 0 aliphatic carbocycles. The molecule has 2 N–H and O–H groups in total. The molecule has 1 aliphatic rings. The number of pyridine rings is 2. The molecule has 3 heterocycles. The van der Waals surface area contributed by atoms with Crippen molar-refractivity contribution < 1.29 is 0 Å². The predicted octanol–water partition coefficient (Wildman–Crippen LogP) is 2.41. The summed E-state index contributed by atoms with van der Waals surface area (Å²) in [5.41, 5.74) is 1.70. The van der Waals surface area contributed by atoms with Crippen molar-refractivity contribution in [1.82, 2.24) is 15.3 Å². The molecular formula is C18H19N5S. The Hall–Kier alpha value is -2.65. The first-order valence-electron chi connectivity index (χ1n) is 7.90. The van der Waals surface area contributed by atoms with Gasteiger partial charge in [0.25, 0.3) is 0 Å². The molecule has 0 atom stereocenters. The van der Waals surface area contributed by atoms with Gasteiger partial charge in [-0.15, -0.1) is 6.42 Å². The Morgan fingerprint density at radius 3 is 2.71 bits per heavy atom. The molecule has 0 spiro atoms. The Kier molecular flexibility index (Phi) is 5.24. The summed E-state index contributed by atoms with van der Waals surface area (Å²) in [5.74, 6) is 3.56. The highest BCUT2D eigenvalue weighted by Crippen LogP contribution is 2.18. The van der Waals surface area contributed by atoms with Crippen LogP contribution < -0.4 is 15.5 Å². The molecule has 2 aromatic heterocycles. The van der Waals surface area contributed by atoms with Crippen LogP contribution in [-0.2, 0) is 0 Å². The standard InChI is InChI=1S/C18H19N5S/c1-2-14-5-6-17(20-12-14)23-10-7-15(8-11-23)21-18(24)22-16-4-3-9-19-13-16/h1,3-6,9,12-13,15H,7-8,10-11H2,(H2,21,22,24). The maximum absolute atomic E-state index is 5.37. The zero-order valence-corrected chi connectivity index (χ0v) is 14.1. The molecular weight excluding hydrogens is 318 g/mol. The van der Waals surface area contributed by atoms with Gasteiger partial charge in [-0.25, -0.2) is 4.98 Å². The van der Waals surface area contributed by atoms with Crippen molar-refractivity contribution in [1.29, 1.82) is 0 Å². The number of nitrogens with zero attached hydrogens (tertiary/aromatic N) is 3. The summed E-state index contributed by atoms with van der Waals surface area (Å²) in [4.78, 5) is 10.8. The van der Waals surface area contributed by atoms with Gasteiger partial charge >= 0.3 is 0 Å². The summed E-state index contributed by atoms with van der Waals surface area (Å²) < 4.78 is 0. The van der Waals surface area contributed by atoms with Gasteiger partial charge in [0.15, 0.2) is 5.11 Å². The van der Waals surface area contributed by atoms with Crippen LogP contribution in [0.15, 0.2) is 42.9 Å². The number of anilines is 2. The van der Waals surface area contributed by atoms with E-state index in [0.717, 1.165) is 43.0 Å². The van der Waals surface area contributed by atoms with Crippen LogP contribution in [0.1, 0.15) is 18.4 Å². The quantitative estimate of drug-likeness (QED) is 0.663. The molecule has 6 heteroatoms. The topological polar surface area (TPSA) is 53.1 Å². The van der Waals surface area contributed by atoms with Crippen LogP contribution in [0.5, 0.6) is 0 Å². The van der Waals surface area contributed by atoms with Crippen LogP contribution in [0.2, 0.25) is 0 Å². The molecule has 0 aromatic carbocycles. The van der Waals surface area contributed by atoms with Crippen molar-refractivity contribution in [3.05, 3.63) is 48.4 Å². The third kappa shape index (κ3) is 4.21. The highest BCUT2D eigenvalue weighted by molar-refractivity contribution is 7.80. The first-order valence-corrected chi connectivity index (χ1v) is 8.30. The van der Waals surface area contributed by atoms with Gasteiger partial charge in [0.1, 0.15) is 5.82 Å². The number of thiocarbonyl (C=S) groups is 1. The Labute approximate surface area is 147 Å². The normalized spacial score (nSPS) is 14.7. The van der Waals surface area contributed by atoms with Crippen LogP contribution >= 0.6 is 12.2 Å². The van der Waals surface area contributed by atoms with Crippen LogP contribution in [0.3, 0.4) is 0 Å². The van der Waals surface area contributed by atoms with Gasteiger partial charge in [-0.2, -0.15) is 0 Å². The van der Waals surface area contributed by atoms with Crippen LogP contribution in [0.4, 0.5) is 11.5 Å². The zero-order chi connectivity index (χ0) is 16.8. The number of nitrogens with one attached hydrogen (secondary N) is 2. The molecule has 122 valence electrons. The largest absolute Gasteiger partial charge is 0.360 e. The molecule has 0 unspecified atom stereocenters. The molecule has 0 bridgehead atoms. The van der Waals surface area contributed by atoms with Crippen molar-refractivity contribution in [3.63, 3.8) is 0 Å². The fraction of sp³-hybridized carbons (Fsp3) is 0.278. The third-order valence-electron chi connectivity index (χ3n) is 3.99. The Morgan fingerprint density at radius 1 is 1.25 bits per heavy atom. The number of terminal acetylenes is 1. The van der Waals surface area contributed by atoms with Crippen molar-refractivity contribution in [2.45, 2.75) is 18.9 Å². The minimum Gasteiger partial charge on any atom is -0.360 e. The highest BCUT2D eigenvalue weighted by atomic mass is 32.1. The lowest BCUT2D eigenvalue weighted by molar-refractivity contribution is 0.466. The molecule has 5 nitrogen and oxygen atoms in total. The van der Waals surface area contributed by atoms with Gasteiger partial charge in [-0.3, -0.25) is 4.98 Å². The molecule has 1 saturated heterocycles. The summed E-state index contributed by atoms with van der Waals surface area (Å²) in [5, 5.41) is 7.17. The van der Waals surface area contributed by atoms with E-state index in [0.29, 0.717) is 11.2 Å². The Balaban J connectivity index is 1.48. The monoisotopic (exact) mass is 337 g/mol. The smallest absolute Gasteiger partial charge is 0.171 e. The van der Waals surface area contributed by atoms with Crippen LogP contribution in [0.25, 0.3) is 0 Å². The average Bonchev–Trinajstić information content (AvgIpc) is 2.63. The summed E-state index contributed by atoms with van der Waals surface area (Å²) in [6.45, 7) is 1.88. The van der Waals surface area contributed by atoms with Gasteiger partial charge in [0.2, 0.25) is 0 Å². The van der Waals surface area contributed by atoms with E-state index in [1.54, 1.807) is 18.6 Å². The Bertz CT molecular complexity index is 715. The Morgan fingerprint density at radius 2 is 2.08 bits per heavy atom. The second-order valence-corrected chi connectivity index (χ2v) is 6.06. The first-order chi connectivity index (χ1) is 11.7. The highest BCUT2D eigenvalue weighted by Gasteiger charge is 2.20. The number of aromatic nitrogens is 2. The summed E-state index contributed by atoms with van der Waals surface area (Å²) >= 11 is 5.37. The average molecular weight is 337 g/mol. The number of hydrogen-bond donors (Lipinski definition) is 2. The predicted molar refractivity (Wildman–Crippen MR) is 101 cm³/mol. The molecule has 0 radical (unpaired) electrons. The second kappa shape index (κ2) is 7.75. The van der Waals surface area contributed by atoms with E-state index in [4.69, 9.17) is 18.6 Å². The SMILES string of the molecule is C#Cc1ccc(N2CCC(NC(=S)Nc3cccnc3)CC2)nc1. The third-order valence-corrected chi connectivity index (χ3v) is 4.21. The van der Waals surface area contributed by atoms with Gasteiger partial charge < -0.3 is 15.5 Å². The maximum atomic E-state index is 5.37. The molecule has 1 aliphatic heterocycles. The molecule has 3 rings (SSSR count). The van der Waals surface area contributed by atoms with Gasteiger partial charge in [0.05, 0.1) is 11.9 Å². The van der Waals surface area contributed by atoms with Crippen LogP contribution in [-0.4, -0.2) is 34.2 Å². The maximum Gasteiger partial charge on any atom is 0.171 e. The van der Waals surface area contributed by atoms with E-state index in [-0.39, 0.29) is 0 Å². The van der Waals surface area contributed by atoms with E-state index in [1.807, 2.05) is 24.3 Å². The van der Waals surface area contributed by atoms with E-state index >= 15 is 0 Å². The van der Waals surface area contributed by atoms with Crippen LogP contribution in [0, 0.1) is 12.3 Å². The van der Waals surface area contributed by atoms with E-state index in [1.165, 1.54) is 0 Å². The van der Waals surface area contributed by atoms with Gasteiger partial charge in [-0.05, 0) is 49.3 Å². The molecule has 24 heavy (non-hydrogen) atoms. The fourth-order valence-electron chi connectivity index (χ4n) is 2.70. The number of hydrogen-bond acceptors (Lipinski definition) is 4. The van der Waals surface area contributed by atoms with Crippen molar-refractivity contribution in [2.24, 2.45) is 0 Å². The number of piperidine rings is 1. The lowest BCUT2D eigenvalue weighted by Crippen LogP contribution is -2.46.